The van der Waals surface area contributed by atoms with E-state index in [1.165, 1.54) is 13.1 Å². The number of alkyl carbamates (subject to hydrolysis) is 1. The van der Waals surface area contributed by atoms with E-state index in [1.807, 2.05) is 0 Å². The molecule has 0 spiro atoms. The van der Waals surface area contributed by atoms with Crippen molar-refractivity contribution >= 4 is 45.6 Å². The highest BCUT2D eigenvalue weighted by atomic mass is 79.9. The second-order valence-corrected chi connectivity index (χ2v) is 8.82. The molecule has 0 bridgehead atoms. The predicted octanol–water partition coefficient (Wildman–Crippen LogP) is 1.41. The third-order valence-electron chi connectivity index (χ3n) is 4.25. The van der Waals surface area contributed by atoms with Crippen LogP contribution in [0.1, 0.15) is 34.1 Å². The van der Waals surface area contributed by atoms with Crippen molar-refractivity contribution in [2.45, 2.75) is 51.8 Å². The second-order valence-electron chi connectivity index (χ2n) is 7.90. The molecule has 11 heteroatoms. The number of aromatic nitrogens is 1. The SMILES string of the molecule is CC(=O)N1CC[C@H](NC(=O)C(=O)Nc2ccc(Br)cn2)[C@H](NC(=O)OC(C)(C)C)C1. The smallest absolute Gasteiger partial charge is 0.408 e. The number of piperidine rings is 1. The van der Waals surface area contributed by atoms with Gasteiger partial charge in [0.25, 0.3) is 0 Å². The standard InChI is InChI=1S/C19H26BrN5O5/c1-11(26)25-8-7-13(14(10-25)23-18(29)30-19(2,3)4)22-16(27)17(28)24-15-6-5-12(20)9-21-15/h5-6,9,13-14H,7-8,10H2,1-4H3,(H,22,27)(H,23,29)(H,21,24,28)/t13-,14+/m0/s1. The second kappa shape index (κ2) is 9.88. The Balaban J connectivity index is 2.02. The number of rotatable bonds is 3. The summed E-state index contributed by atoms with van der Waals surface area (Å²) >= 11 is 3.24. The minimum Gasteiger partial charge on any atom is -0.444 e. The lowest BCUT2D eigenvalue weighted by Crippen LogP contribution is -2.62. The average Bonchev–Trinajstić information content (AvgIpc) is 2.63. The first-order chi connectivity index (χ1) is 13.9. The van der Waals surface area contributed by atoms with Crippen molar-refractivity contribution in [2.75, 3.05) is 18.4 Å². The fourth-order valence-electron chi connectivity index (χ4n) is 2.87. The molecular weight excluding hydrogens is 458 g/mol. The van der Waals surface area contributed by atoms with E-state index in [9.17, 15) is 19.2 Å². The summed E-state index contributed by atoms with van der Waals surface area (Å²) in [6, 6.07) is 2.07. The number of nitrogens with one attached hydrogen (secondary N) is 3. The van der Waals surface area contributed by atoms with Gasteiger partial charge in [0.05, 0.1) is 12.1 Å². The van der Waals surface area contributed by atoms with Crippen LogP contribution in [-0.4, -0.2) is 64.5 Å². The summed E-state index contributed by atoms with van der Waals surface area (Å²) in [6.07, 6.45) is 1.20. The molecule has 0 aromatic carbocycles. The van der Waals surface area contributed by atoms with Gasteiger partial charge in [-0.3, -0.25) is 14.4 Å². The number of hydrogen-bond donors (Lipinski definition) is 3. The minimum absolute atomic E-state index is 0.144. The number of halogens is 1. The molecule has 1 fully saturated rings. The molecule has 2 atom stereocenters. The molecule has 0 aliphatic carbocycles. The lowest BCUT2D eigenvalue weighted by atomic mass is 9.99. The van der Waals surface area contributed by atoms with Crippen LogP contribution in [0.15, 0.2) is 22.8 Å². The number of amides is 4. The Morgan fingerprint density at radius 1 is 1.13 bits per heavy atom. The number of ether oxygens (including phenoxy) is 1. The Kier molecular flexibility index (Phi) is 7.77. The van der Waals surface area contributed by atoms with Gasteiger partial charge in [0.15, 0.2) is 0 Å². The summed E-state index contributed by atoms with van der Waals surface area (Å²) in [7, 11) is 0. The molecule has 164 valence electrons. The summed E-state index contributed by atoms with van der Waals surface area (Å²) in [5.41, 5.74) is -0.699. The van der Waals surface area contributed by atoms with Gasteiger partial charge in [0, 0.05) is 30.7 Å². The molecule has 1 aromatic heterocycles. The normalized spacial score (nSPS) is 18.9. The highest BCUT2D eigenvalue weighted by Crippen LogP contribution is 2.14. The first-order valence-electron chi connectivity index (χ1n) is 9.43. The van der Waals surface area contributed by atoms with Gasteiger partial charge >= 0.3 is 17.9 Å². The number of hydrogen-bond acceptors (Lipinski definition) is 6. The van der Waals surface area contributed by atoms with Crippen LogP contribution in [0, 0.1) is 0 Å². The van der Waals surface area contributed by atoms with Crippen LogP contribution in [-0.2, 0) is 19.1 Å². The minimum atomic E-state index is -0.880. The van der Waals surface area contributed by atoms with Crippen molar-refractivity contribution in [3.63, 3.8) is 0 Å². The van der Waals surface area contributed by atoms with Crippen molar-refractivity contribution in [3.8, 4) is 0 Å². The van der Waals surface area contributed by atoms with Crippen LogP contribution in [0.2, 0.25) is 0 Å². The van der Waals surface area contributed by atoms with Crippen molar-refractivity contribution in [1.29, 1.82) is 0 Å². The molecule has 1 saturated heterocycles. The Morgan fingerprint density at radius 3 is 2.40 bits per heavy atom. The third-order valence-corrected chi connectivity index (χ3v) is 4.72. The van der Waals surface area contributed by atoms with Gasteiger partial charge < -0.3 is 25.6 Å². The molecule has 2 heterocycles. The fraction of sp³-hybridized carbons (Fsp3) is 0.526. The van der Waals surface area contributed by atoms with Crippen molar-refractivity contribution < 1.29 is 23.9 Å². The van der Waals surface area contributed by atoms with Gasteiger partial charge in [-0.25, -0.2) is 9.78 Å². The van der Waals surface area contributed by atoms with Crippen LogP contribution in [0.25, 0.3) is 0 Å². The molecule has 2 rings (SSSR count). The van der Waals surface area contributed by atoms with E-state index in [0.29, 0.717) is 13.0 Å². The number of anilines is 1. The quantitative estimate of drug-likeness (QED) is 0.557. The molecule has 1 aromatic rings. The van der Waals surface area contributed by atoms with Crippen molar-refractivity contribution in [3.05, 3.63) is 22.8 Å². The zero-order chi connectivity index (χ0) is 22.5. The fourth-order valence-corrected chi connectivity index (χ4v) is 3.11. The van der Waals surface area contributed by atoms with Crippen molar-refractivity contribution in [1.82, 2.24) is 20.5 Å². The lowest BCUT2D eigenvalue weighted by molar-refractivity contribution is -0.137. The first-order valence-corrected chi connectivity index (χ1v) is 10.2. The molecule has 0 saturated carbocycles. The number of likely N-dealkylation sites (tertiary alicyclic amines) is 1. The van der Waals surface area contributed by atoms with Crippen molar-refractivity contribution in [2.24, 2.45) is 0 Å². The maximum absolute atomic E-state index is 12.4. The van der Waals surface area contributed by atoms with Crippen LogP contribution >= 0.6 is 15.9 Å². The van der Waals surface area contributed by atoms with Gasteiger partial charge in [-0.15, -0.1) is 0 Å². The van der Waals surface area contributed by atoms with Gasteiger partial charge in [0.1, 0.15) is 11.4 Å². The van der Waals surface area contributed by atoms with E-state index >= 15 is 0 Å². The Hall–Kier alpha value is -2.69. The topological polar surface area (TPSA) is 130 Å². The average molecular weight is 484 g/mol. The summed E-state index contributed by atoms with van der Waals surface area (Å²) in [4.78, 5) is 54.1. The number of carbonyl (C=O) groups excluding carboxylic acids is 4. The largest absolute Gasteiger partial charge is 0.444 e. The summed E-state index contributed by atoms with van der Waals surface area (Å²) < 4.78 is 6.00. The molecular formula is C19H26BrN5O5. The number of pyridine rings is 1. The van der Waals surface area contributed by atoms with E-state index in [0.717, 1.165) is 4.47 Å². The summed E-state index contributed by atoms with van der Waals surface area (Å²) in [5.74, 6) is -1.66. The maximum Gasteiger partial charge on any atom is 0.408 e. The summed E-state index contributed by atoms with van der Waals surface area (Å²) in [6.45, 7) is 7.21. The van der Waals surface area contributed by atoms with E-state index in [-0.39, 0.29) is 18.3 Å². The van der Waals surface area contributed by atoms with Crippen LogP contribution in [0.4, 0.5) is 10.6 Å². The Morgan fingerprint density at radius 2 is 1.83 bits per heavy atom. The zero-order valence-corrected chi connectivity index (χ0v) is 18.9. The number of nitrogens with zero attached hydrogens (tertiary/aromatic N) is 2. The highest BCUT2D eigenvalue weighted by molar-refractivity contribution is 9.10. The molecule has 1 aliphatic heterocycles. The highest BCUT2D eigenvalue weighted by Gasteiger charge is 2.34. The van der Waals surface area contributed by atoms with Gasteiger partial charge in [-0.1, -0.05) is 0 Å². The predicted molar refractivity (Wildman–Crippen MR) is 113 cm³/mol. The van der Waals surface area contributed by atoms with Crippen LogP contribution in [0.5, 0.6) is 0 Å². The molecule has 30 heavy (non-hydrogen) atoms. The van der Waals surface area contributed by atoms with E-state index in [2.05, 4.69) is 36.9 Å². The van der Waals surface area contributed by atoms with Gasteiger partial charge in [0.2, 0.25) is 5.91 Å². The maximum atomic E-state index is 12.4. The Labute approximate surface area is 183 Å². The monoisotopic (exact) mass is 483 g/mol. The van der Waals surface area contributed by atoms with E-state index in [4.69, 9.17) is 4.74 Å². The molecule has 0 unspecified atom stereocenters. The van der Waals surface area contributed by atoms with Gasteiger partial charge in [-0.2, -0.15) is 0 Å². The molecule has 4 amide bonds. The van der Waals surface area contributed by atoms with E-state index < -0.39 is 35.6 Å². The molecule has 1 aliphatic rings. The molecule has 0 radical (unpaired) electrons. The van der Waals surface area contributed by atoms with Gasteiger partial charge in [-0.05, 0) is 55.3 Å². The zero-order valence-electron chi connectivity index (χ0n) is 17.3. The molecule has 10 nitrogen and oxygen atoms in total. The number of carbonyl (C=O) groups is 4. The summed E-state index contributed by atoms with van der Waals surface area (Å²) in [5, 5.41) is 7.74. The first kappa shape index (κ1) is 23.6. The van der Waals surface area contributed by atoms with E-state index in [1.54, 1.807) is 37.8 Å². The Bertz CT molecular complexity index is 809. The molecule has 3 N–H and O–H groups in total. The third kappa shape index (κ3) is 7.29. The lowest BCUT2D eigenvalue weighted by Gasteiger charge is -2.38. The van der Waals surface area contributed by atoms with Crippen LogP contribution in [0.3, 0.4) is 0 Å². The van der Waals surface area contributed by atoms with Crippen LogP contribution < -0.4 is 16.0 Å².